The zero-order valence-corrected chi connectivity index (χ0v) is 18.5. The quantitative estimate of drug-likeness (QED) is 0.485. The Bertz CT molecular complexity index is 986. The van der Waals surface area contributed by atoms with Crippen LogP contribution in [0, 0.1) is 0 Å². The Morgan fingerprint density at radius 3 is 2.39 bits per heavy atom. The average molecular weight is 463 g/mol. The number of alkyl halides is 3. The molecule has 1 aromatic carbocycles. The maximum atomic E-state index is 12.9. The van der Waals surface area contributed by atoms with Crippen LogP contribution in [0.25, 0.3) is 0 Å². The largest absolute Gasteiger partial charge is 0.416 e. The molecule has 1 aliphatic rings. The second-order valence-corrected chi connectivity index (χ2v) is 7.87. The van der Waals surface area contributed by atoms with Crippen LogP contribution >= 0.6 is 0 Å². The van der Waals surface area contributed by atoms with Crippen LogP contribution in [0.1, 0.15) is 22.7 Å². The Hall–Kier alpha value is -3.18. The number of aliphatic imine (C=N–C) groups is 2. The molecule has 1 saturated heterocycles. The van der Waals surface area contributed by atoms with Gasteiger partial charge in [0, 0.05) is 58.4 Å². The normalized spacial score (nSPS) is 17.0. The molecular weight excluding hydrogens is 433 g/mol. The van der Waals surface area contributed by atoms with Crippen LogP contribution in [0.4, 0.5) is 13.2 Å². The molecule has 1 unspecified atom stereocenters. The number of aromatic nitrogens is 2. The summed E-state index contributed by atoms with van der Waals surface area (Å²) in [6.07, 6.45) is 1.34. The number of piperazine rings is 1. The summed E-state index contributed by atoms with van der Waals surface area (Å²) in [5, 5.41) is 4.21. The molecule has 0 aliphatic carbocycles. The summed E-state index contributed by atoms with van der Waals surface area (Å²) in [5.41, 5.74) is 12.6. The Labute approximate surface area is 191 Å². The van der Waals surface area contributed by atoms with Crippen molar-refractivity contribution in [1.29, 1.82) is 0 Å². The van der Waals surface area contributed by atoms with Crippen LogP contribution in [0.5, 0.6) is 0 Å². The molecule has 0 radical (unpaired) electrons. The highest BCUT2D eigenvalue weighted by molar-refractivity contribution is 5.90. The molecule has 1 aliphatic heterocycles. The van der Waals surface area contributed by atoms with E-state index in [1.165, 1.54) is 18.5 Å². The number of nitrogens with zero attached hydrogens (tertiary/aromatic N) is 6. The predicted octanol–water partition coefficient (Wildman–Crippen LogP) is 2.16. The number of hydrogen-bond acceptors (Lipinski definition) is 5. The summed E-state index contributed by atoms with van der Waals surface area (Å²) in [6.45, 7) is 6.61. The molecule has 33 heavy (non-hydrogen) atoms. The molecule has 1 fully saturated rings. The minimum Gasteiger partial charge on any atom is -0.384 e. The Balaban J connectivity index is 1.69. The summed E-state index contributed by atoms with van der Waals surface area (Å²) in [7, 11) is 1.85. The van der Waals surface area contributed by atoms with Crippen molar-refractivity contribution in [1.82, 2.24) is 19.6 Å². The van der Waals surface area contributed by atoms with Crippen molar-refractivity contribution >= 4 is 12.2 Å². The molecule has 1 atom stereocenters. The fourth-order valence-corrected chi connectivity index (χ4v) is 3.84. The van der Waals surface area contributed by atoms with Gasteiger partial charge in [-0.2, -0.15) is 18.3 Å². The van der Waals surface area contributed by atoms with Gasteiger partial charge in [-0.15, -0.1) is 0 Å². The molecule has 0 bridgehead atoms. The van der Waals surface area contributed by atoms with Crippen molar-refractivity contribution in [3.8, 4) is 0 Å². The van der Waals surface area contributed by atoms with Gasteiger partial charge in [-0.3, -0.25) is 9.58 Å². The van der Waals surface area contributed by atoms with Gasteiger partial charge in [0.2, 0.25) is 0 Å². The molecule has 2 heterocycles. The third-order valence-electron chi connectivity index (χ3n) is 5.52. The van der Waals surface area contributed by atoms with Crippen LogP contribution in [0.3, 0.4) is 0 Å². The van der Waals surface area contributed by atoms with E-state index in [-0.39, 0.29) is 11.9 Å². The van der Waals surface area contributed by atoms with Crippen molar-refractivity contribution in [2.24, 2.45) is 28.5 Å². The molecule has 8 nitrogen and oxygen atoms in total. The maximum Gasteiger partial charge on any atom is 0.416 e. The Morgan fingerprint density at radius 2 is 1.88 bits per heavy atom. The minimum atomic E-state index is -4.36. The highest BCUT2D eigenvalue weighted by Gasteiger charge is 2.31. The van der Waals surface area contributed by atoms with Crippen LogP contribution in [-0.2, 0) is 19.6 Å². The average Bonchev–Trinajstić information content (AvgIpc) is 3.18. The van der Waals surface area contributed by atoms with Gasteiger partial charge >= 0.3 is 6.18 Å². The molecule has 178 valence electrons. The first-order valence-electron chi connectivity index (χ1n) is 10.5. The summed E-state index contributed by atoms with van der Waals surface area (Å²) in [5.74, 6) is 0.998. The van der Waals surface area contributed by atoms with Gasteiger partial charge in [0.25, 0.3) is 0 Å². The minimum absolute atomic E-state index is 0.157. The van der Waals surface area contributed by atoms with E-state index in [1.54, 1.807) is 10.9 Å². The van der Waals surface area contributed by atoms with Crippen molar-refractivity contribution in [2.45, 2.75) is 18.6 Å². The molecule has 0 amide bonds. The van der Waals surface area contributed by atoms with Crippen LogP contribution in [0.2, 0.25) is 0 Å². The smallest absolute Gasteiger partial charge is 0.384 e. The standard InChI is InChI=1S/C22H29F3N8/c1-16(27)28-15-29-21(11-17-13-30-31(2)14-17)33-9-7-32(8-10-33)20(12-26)18-3-5-19(6-4-18)22(23,24)25/h3-6,13-15,20H,1,7-12,26-27H2,2H3/b28-15-,29-21+. The molecule has 1 aromatic heterocycles. The first kappa shape index (κ1) is 24.5. The van der Waals surface area contributed by atoms with Crippen LogP contribution in [0.15, 0.2) is 59.0 Å². The highest BCUT2D eigenvalue weighted by atomic mass is 19.4. The van der Waals surface area contributed by atoms with Gasteiger partial charge in [-0.1, -0.05) is 18.7 Å². The second-order valence-electron chi connectivity index (χ2n) is 7.87. The molecule has 0 saturated carbocycles. The fraction of sp³-hybridized carbons (Fsp3) is 0.409. The highest BCUT2D eigenvalue weighted by Crippen LogP contribution is 2.31. The zero-order chi connectivity index (χ0) is 24.0. The van der Waals surface area contributed by atoms with Gasteiger partial charge in [0.15, 0.2) is 0 Å². The van der Waals surface area contributed by atoms with E-state index in [4.69, 9.17) is 11.5 Å². The molecule has 3 rings (SSSR count). The lowest BCUT2D eigenvalue weighted by molar-refractivity contribution is -0.137. The summed E-state index contributed by atoms with van der Waals surface area (Å²) in [6, 6.07) is 5.08. The van der Waals surface area contributed by atoms with E-state index in [9.17, 15) is 13.2 Å². The van der Waals surface area contributed by atoms with Gasteiger partial charge < -0.3 is 16.4 Å². The van der Waals surface area contributed by atoms with Crippen molar-refractivity contribution in [3.63, 3.8) is 0 Å². The van der Waals surface area contributed by atoms with Crippen LogP contribution in [-0.4, -0.2) is 64.5 Å². The third kappa shape index (κ3) is 6.65. The van der Waals surface area contributed by atoms with E-state index >= 15 is 0 Å². The molecular formula is C22H29F3N8. The van der Waals surface area contributed by atoms with Gasteiger partial charge in [0.05, 0.1) is 11.8 Å². The lowest BCUT2D eigenvalue weighted by Crippen LogP contribution is -2.51. The van der Waals surface area contributed by atoms with Crippen molar-refractivity contribution in [2.75, 3.05) is 32.7 Å². The molecule has 2 aromatic rings. The molecule has 11 heteroatoms. The number of rotatable bonds is 7. The van der Waals surface area contributed by atoms with E-state index < -0.39 is 11.7 Å². The fourth-order valence-electron chi connectivity index (χ4n) is 3.84. The lowest BCUT2D eigenvalue weighted by Gasteiger charge is -2.40. The van der Waals surface area contributed by atoms with E-state index in [2.05, 4.69) is 31.5 Å². The lowest BCUT2D eigenvalue weighted by atomic mass is 10.0. The molecule has 4 N–H and O–H groups in total. The van der Waals surface area contributed by atoms with Crippen LogP contribution < -0.4 is 11.5 Å². The SMILES string of the molecule is C=C(N)/N=C\N=C(/Cc1cnn(C)c1)N1CCN(C(CN)c2ccc(C(F)(F)F)cc2)CC1. The second kappa shape index (κ2) is 10.6. The number of amidine groups is 1. The summed E-state index contributed by atoms with van der Waals surface area (Å²) in [4.78, 5) is 12.8. The van der Waals surface area contributed by atoms with Gasteiger partial charge in [-0.05, 0) is 23.3 Å². The third-order valence-corrected chi connectivity index (χ3v) is 5.52. The zero-order valence-electron chi connectivity index (χ0n) is 18.5. The van der Waals surface area contributed by atoms with E-state index in [0.29, 0.717) is 39.1 Å². The van der Waals surface area contributed by atoms with E-state index in [1.807, 2.05) is 13.2 Å². The van der Waals surface area contributed by atoms with Crippen molar-refractivity contribution in [3.05, 3.63) is 65.7 Å². The summed E-state index contributed by atoms with van der Waals surface area (Å²) < 4.78 is 40.4. The number of halogens is 3. The number of aryl methyl sites for hydroxylation is 1. The number of benzene rings is 1. The van der Waals surface area contributed by atoms with Gasteiger partial charge in [-0.25, -0.2) is 9.98 Å². The topological polar surface area (TPSA) is 101 Å². The van der Waals surface area contributed by atoms with E-state index in [0.717, 1.165) is 29.1 Å². The number of nitrogens with two attached hydrogens (primary N) is 2. The summed E-state index contributed by atoms with van der Waals surface area (Å²) >= 11 is 0. The predicted molar refractivity (Wildman–Crippen MR) is 123 cm³/mol. The first-order valence-corrected chi connectivity index (χ1v) is 10.5. The van der Waals surface area contributed by atoms with Crippen molar-refractivity contribution < 1.29 is 13.2 Å². The van der Waals surface area contributed by atoms with Gasteiger partial charge in [0.1, 0.15) is 18.0 Å². The Morgan fingerprint density at radius 1 is 1.21 bits per heavy atom. The monoisotopic (exact) mass is 462 g/mol. The number of hydrogen-bond donors (Lipinski definition) is 2. The maximum absolute atomic E-state index is 12.9. The molecule has 0 spiro atoms. The Kier molecular flexibility index (Phi) is 7.88. The first-order chi connectivity index (χ1) is 15.7.